The van der Waals surface area contributed by atoms with E-state index in [2.05, 4.69) is 16.5 Å². The van der Waals surface area contributed by atoms with Gasteiger partial charge in [0.05, 0.1) is 16.7 Å². The predicted molar refractivity (Wildman–Crippen MR) is 106 cm³/mol. The molecule has 0 aliphatic heterocycles. The van der Waals surface area contributed by atoms with Crippen molar-refractivity contribution in [1.29, 1.82) is 0 Å². The molecule has 2 heterocycles. The lowest BCUT2D eigenvalue weighted by molar-refractivity contribution is 0.102. The second-order valence-corrected chi connectivity index (χ2v) is 7.37. The van der Waals surface area contributed by atoms with Gasteiger partial charge >= 0.3 is 0 Å². The van der Waals surface area contributed by atoms with Crippen LogP contribution in [0.4, 0.5) is 0 Å². The van der Waals surface area contributed by atoms with Gasteiger partial charge in [-0.1, -0.05) is 30.8 Å². The molecule has 136 valence electrons. The summed E-state index contributed by atoms with van der Waals surface area (Å²) in [4.78, 5) is 29.7. The van der Waals surface area contributed by atoms with E-state index in [1.165, 1.54) is 16.3 Å². The molecule has 0 unspecified atom stereocenters. The lowest BCUT2D eigenvalue weighted by atomic mass is 10.2. The standard InChI is InChI=1S/C20H23N3O2S/c1-5-10-23-13(2)11-16(14(23)3)18(24)12-26-20-21-17-9-7-6-8-15(17)19(25)22(20)4/h6-9,11H,5,10,12H2,1-4H3. The first kappa shape index (κ1) is 18.5. The summed E-state index contributed by atoms with van der Waals surface area (Å²) in [6.45, 7) is 7.06. The van der Waals surface area contributed by atoms with E-state index in [-0.39, 0.29) is 17.1 Å². The topological polar surface area (TPSA) is 56.9 Å². The second kappa shape index (κ2) is 7.50. The van der Waals surface area contributed by atoms with E-state index in [4.69, 9.17) is 0 Å². The van der Waals surface area contributed by atoms with Gasteiger partial charge in [0.2, 0.25) is 0 Å². The molecule has 0 aliphatic carbocycles. The number of ketones is 1. The second-order valence-electron chi connectivity index (χ2n) is 6.42. The number of Topliss-reactive ketones (excluding diaryl/α,β-unsaturated/α-hetero) is 1. The Balaban J connectivity index is 1.85. The summed E-state index contributed by atoms with van der Waals surface area (Å²) in [5, 5.41) is 1.15. The maximum Gasteiger partial charge on any atom is 0.261 e. The molecule has 1 aromatic carbocycles. The lowest BCUT2D eigenvalue weighted by Crippen LogP contribution is -2.20. The molecule has 0 aliphatic rings. The van der Waals surface area contributed by atoms with Crippen LogP contribution in [0.2, 0.25) is 0 Å². The fraction of sp³-hybridized carbons (Fsp3) is 0.350. The molecule has 6 heteroatoms. The molecular formula is C20H23N3O2S. The van der Waals surface area contributed by atoms with Gasteiger partial charge in [-0.05, 0) is 38.5 Å². The molecule has 2 aromatic heterocycles. The van der Waals surface area contributed by atoms with Crippen LogP contribution in [-0.2, 0) is 13.6 Å². The summed E-state index contributed by atoms with van der Waals surface area (Å²) in [5.41, 5.74) is 3.44. The Labute approximate surface area is 157 Å². The number of fused-ring (bicyclic) bond motifs is 1. The van der Waals surface area contributed by atoms with Crippen LogP contribution < -0.4 is 5.56 Å². The van der Waals surface area contributed by atoms with Gasteiger partial charge in [0, 0.05) is 30.5 Å². The van der Waals surface area contributed by atoms with Crippen LogP contribution in [0.1, 0.15) is 35.1 Å². The molecule has 0 spiro atoms. The number of para-hydroxylation sites is 1. The van der Waals surface area contributed by atoms with E-state index < -0.39 is 0 Å². The van der Waals surface area contributed by atoms with Crippen molar-refractivity contribution >= 4 is 28.4 Å². The fourth-order valence-electron chi connectivity index (χ4n) is 3.19. The Bertz CT molecular complexity index is 1030. The molecule has 3 aromatic rings. The summed E-state index contributed by atoms with van der Waals surface area (Å²) in [6.07, 6.45) is 1.03. The zero-order chi connectivity index (χ0) is 18.8. The minimum Gasteiger partial charge on any atom is -0.348 e. The predicted octanol–water partition coefficient (Wildman–Crippen LogP) is 3.74. The van der Waals surface area contributed by atoms with Crippen LogP contribution in [-0.4, -0.2) is 25.7 Å². The number of benzene rings is 1. The van der Waals surface area contributed by atoms with Crippen molar-refractivity contribution in [2.24, 2.45) is 7.05 Å². The first-order chi connectivity index (χ1) is 12.4. The summed E-state index contributed by atoms with van der Waals surface area (Å²) in [5.74, 6) is 0.322. The number of rotatable bonds is 6. The summed E-state index contributed by atoms with van der Waals surface area (Å²) < 4.78 is 3.70. The van der Waals surface area contributed by atoms with Crippen molar-refractivity contribution < 1.29 is 4.79 Å². The van der Waals surface area contributed by atoms with E-state index in [0.29, 0.717) is 16.1 Å². The van der Waals surface area contributed by atoms with Crippen molar-refractivity contribution in [3.05, 3.63) is 57.6 Å². The Kier molecular flexibility index (Phi) is 5.32. The average molecular weight is 369 g/mol. The van der Waals surface area contributed by atoms with E-state index in [1.54, 1.807) is 13.1 Å². The van der Waals surface area contributed by atoms with Crippen molar-refractivity contribution in [1.82, 2.24) is 14.1 Å². The Morgan fingerprint density at radius 3 is 2.69 bits per heavy atom. The minimum atomic E-state index is -0.0910. The molecule has 26 heavy (non-hydrogen) atoms. The number of aryl methyl sites for hydroxylation is 1. The molecule has 0 saturated heterocycles. The van der Waals surface area contributed by atoms with Gasteiger partial charge in [0.25, 0.3) is 5.56 Å². The highest BCUT2D eigenvalue weighted by molar-refractivity contribution is 7.99. The normalized spacial score (nSPS) is 11.2. The molecule has 0 atom stereocenters. The molecule has 3 rings (SSSR count). The van der Waals surface area contributed by atoms with E-state index >= 15 is 0 Å². The highest BCUT2D eigenvalue weighted by atomic mass is 32.2. The third-order valence-electron chi connectivity index (χ3n) is 4.60. The number of hydrogen-bond donors (Lipinski definition) is 0. The van der Waals surface area contributed by atoms with Crippen molar-refractivity contribution in [3.63, 3.8) is 0 Å². The fourth-order valence-corrected chi connectivity index (χ4v) is 4.04. The molecule has 0 bridgehead atoms. The van der Waals surface area contributed by atoms with Crippen LogP contribution in [0.5, 0.6) is 0 Å². The first-order valence-corrected chi connectivity index (χ1v) is 9.71. The number of aromatic nitrogens is 3. The lowest BCUT2D eigenvalue weighted by Gasteiger charge is -2.09. The van der Waals surface area contributed by atoms with Gasteiger partial charge in [0.15, 0.2) is 10.9 Å². The zero-order valence-corrected chi connectivity index (χ0v) is 16.4. The van der Waals surface area contributed by atoms with E-state index in [1.807, 2.05) is 38.1 Å². The van der Waals surface area contributed by atoms with Crippen LogP contribution in [0.3, 0.4) is 0 Å². The number of carbonyl (C=O) groups excluding carboxylic acids is 1. The van der Waals surface area contributed by atoms with Gasteiger partial charge in [0.1, 0.15) is 0 Å². The molecule has 0 N–H and O–H groups in total. The number of nitrogens with zero attached hydrogens (tertiary/aromatic N) is 3. The van der Waals surface area contributed by atoms with Gasteiger partial charge in [-0.3, -0.25) is 14.2 Å². The molecule has 0 radical (unpaired) electrons. The number of carbonyl (C=O) groups is 1. The third kappa shape index (κ3) is 3.33. The van der Waals surface area contributed by atoms with Crippen molar-refractivity contribution in [2.45, 2.75) is 38.9 Å². The highest BCUT2D eigenvalue weighted by Crippen LogP contribution is 2.21. The zero-order valence-electron chi connectivity index (χ0n) is 15.6. The van der Waals surface area contributed by atoms with Crippen molar-refractivity contribution in [3.8, 4) is 0 Å². The summed E-state index contributed by atoms with van der Waals surface area (Å²) >= 11 is 1.31. The number of thioether (sulfide) groups is 1. The average Bonchev–Trinajstić information content (AvgIpc) is 2.92. The van der Waals surface area contributed by atoms with Gasteiger partial charge in [-0.25, -0.2) is 4.98 Å². The van der Waals surface area contributed by atoms with Gasteiger partial charge in [-0.2, -0.15) is 0 Å². The highest BCUT2D eigenvalue weighted by Gasteiger charge is 2.17. The summed E-state index contributed by atoms with van der Waals surface area (Å²) in [7, 11) is 1.70. The smallest absolute Gasteiger partial charge is 0.261 e. The Morgan fingerprint density at radius 1 is 1.23 bits per heavy atom. The van der Waals surface area contributed by atoms with Crippen LogP contribution >= 0.6 is 11.8 Å². The third-order valence-corrected chi connectivity index (χ3v) is 5.63. The number of hydrogen-bond acceptors (Lipinski definition) is 4. The molecule has 5 nitrogen and oxygen atoms in total. The molecule has 0 saturated carbocycles. The quantitative estimate of drug-likeness (QED) is 0.377. The maximum atomic E-state index is 12.7. The van der Waals surface area contributed by atoms with Crippen LogP contribution in [0, 0.1) is 13.8 Å². The summed E-state index contributed by atoms with van der Waals surface area (Å²) in [6, 6.07) is 9.24. The molecule has 0 fully saturated rings. The van der Waals surface area contributed by atoms with Gasteiger partial charge < -0.3 is 4.57 Å². The van der Waals surface area contributed by atoms with Crippen LogP contribution in [0.15, 0.2) is 40.3 Å². The largest absolute Gasteiger partial charge is 0.348 e. The van der Waals surface area contributed by atoms with E-state index in [9.17, 15) is 9.59 Å². The van der Waals surface area contributed by atoms with Crippen LogP contribution in [0.25, 0.3) is 10.9 Å². The maximum absolute atomic E-state index is 12.7. The van der Waals surface area contributed by atoms with Gasteiger partial charge in [-0.15, -0.1) is 0 Å². The SMILES string of the molecule is CCCn1c(C)cc(C(=O)CSc2nc3ccccc3c(=O)n2C)c1C. The monoisotopic (exact) mass is 369 g/mol. The minimum absolute atomic E-state index is 0.0628. The Hall–Kier alpha value is -2.34. The Morgan fingerprint density at radius 2 is 1.96 bits per heavy atom. The van der Waals surface area contributed by atoms with E-state index in [0.717, 1.165) is 29.9 Å². The first-order valence-electron chi connectivity index (χ1n) is 8.72. The van der Waals surface area contributed by atoms with Crippen molar-refractivity contribution in [2.75, 3.05) is 5.75 Å². The molecular weight excluding hydrogens is 346 g/mol. The molecule has 0 amide bonds.